The van der Waals surface area contributed by atoms with Crippen molar-refractivity contribution in [2.45, 2.75) is 32.2 Å². The second-order valence-corrected chi connectivity index (χ2v) is 10.5. The molecule has 6 aromatic rings. The first-order valence-electron chi connectivity index (χ1n) is 13.5. The van der Waals surface area contributed by atoms with Crippen molar-refractivity contribution in [1.29, 1.82) is 0 Å². The third kappa shape index (κ3) is 4.30. The lowest BCUT2D eigenvalue weighted by Crippen LogP contribution is -2.34. The number of nitrogens with one attached hydrogen (secondary N) is 2. The van der Waals surface area contributed by atoms with Crippen molar-refractivity contribution in [3.05, 3.63) is 83.6 Å². The summed E-state index contributed by atoms with van der Waals surface area (Å²) in [4.78, 5) is 2.27. The standard InChI is InChI=1S/C30H29FN8O/c1-18-22-13-19(8-10-26(22)33-32-18)30-23-14-21(9-11-27(23)34-36-30)39-17-28(35-37-39)20-5-4-12-38(15-20)16-24-25(31)6-3-7-29(24)40-2/h3,6-11,13-14,17,20H,4-5,12,15-16H2,1-2H3,(H,32,33)(H,34,36)/t20-/m1/s1. The molecule has 0 radical (unpaired) electrons. The van der Waals surface area contributed by atoms with E-state index in [-0.39, 0.29) is 11.7 Å². The maximum atomic E-state index is 14.6. The number of benzene rings is 3. The van der Waals surface area contributed by atoms with E-state index in [1.807, 2.05) is 48.1 Å². The molecule has 2 N–H and O–H groups in total. The Hall–Kier alpha value is -4.57. The van der Waals surface area contributed by atoms with Gasteiger partial charge in [0, 0.05) is 46.6 Å². The minimum atomic E-state index is -0.235. The molecule has 1 saturated heterocycles. The van der Waals surface area contributed by atoms with E-state index in [0.29, 0.717) is 17.9 Å². The number of likely N-dealkylation sites (tertiary alicyclic amines) is 1. The normalized spacial score (nSPS) is 16.2. The molecule has 9 nitrogen and oxygen atoms in total. The molecule has 1 aliphatic rings. The second-order valence-electron chi connectivity index (χ2n) is 10.5. The maximum Gasteiger partial charge on any atom is 0.131 e. The largest absolute Gasteiger partial charge is 0.496 e. The summed E-state index contributed by atoms with van der Waals surface area (Å²) in [6, 6.07) is 17.3. The van der Waals surface area contributed by atoms with Crippen LogP contribution in [0.1, 0.15) is 35.7 Å². The van der Waals surface area contributed by atoms with Gasteiger partial charge in [-0.3, -0.25) is 15.1 Å². The molecular formula is C30H29FN8O. The zero-order valence-electron chi connectivity index (χ0n) is 22.4. The second kappa shape index (κ2) is 9.87. The van der Waals surface area contributed by atoms with Crippen molar-refractivity contribution in [2.75, 3.05) is 20.2 Å². The zero-order chi connectivity index (χ0) is 27.2. The molecule has 202 valence electrons. The quantitative estimate of drug-likeness (QED) is 0.291. The van der Waals surface area contributed by atoms with Crippen molar-refractivity contribution in [3.63, 3.8) is 0 Å². The topological polar surface area (TPSA) is 101 Å². The lowest BCUT2D eigenvalue weighted by molar-refractivity contribution is 0.194. The molecular weight excluding hydrogens is 507 g/mol. The van der Waals surface area contributed by atoms with Crippen molar-refractivity contribution in [3.8, 4) is 22.7 Å². The van der Waals surface area contributed by atoms with Crippen molar-refractivity contribution >= 4 is 21.8 Å². The molecule has 1 aliphatic heterocycles. The molecule has 1 atom stereocenters. The van der Waals surface area contributed by atoms with Crippen LogP contribution in [0.15, 0.2) is 60.8 Å². The van der Waals surface area contributed by atoms with E-state index in [0.717, 1.165) is 76.1 Å². The maximum absolute atomic E-state index is 14.6. The van der Waals surface area contributed by atoms with Crippen molar-refractivity contribution in [1.82, 2.24) is 40.3 Å². The predicted molar refractivity (Wildman–Crippen MR) is 151 cm³/mol. The summed E-state index contributed by atoms with van der Waals surface area (Å²) in [5.41, 5.74) is 7.28. The van der Waals surface area contributed by atoms with E-state index in [2.05, 4.69) is 47.7 Å². The highest BCUT2D eigenvalue weighted by molar-refractivity contribution is 5.96. The van der Waals surface area contributed by atoms with E-state index in [4.69, 9.17) is 4.74 Å². The Morgan fingerprint density at radius 2 is 1.98 bits per heavy atom. The van der Waals surface area contributed by atoms with E-state index < -0.39 is 0 Å². The number of aromatic nitrogens is 7. The molecule has 7 rings (SSSR count). The van der Waals surface area contributed by atoms with Gasteiger partial charge in [-0.1, -0.05) is 17.3 Å². The lowest BCUT2D eigenvalue weighted by atomic mass is 9.95. The van der Waals surface area contributed by atoms with Crippen LogP contribution in [0.2, 0.25) is 0 Å². The monoisotopic (exact) mass is 536 g/mol. The van der Waals surface area contributed by atoms with Crippen LogP contribution in [-0.4, -0.2) is 60.5 Å². The van der Waals surface area contributed by atoms with Gasteiger partial charge in [-0.15, -0.1) is 5.10 Å². The van der Waals surface area contributed by atoms with Gasteiger partial charge in [0.15, 0.2) is 0 Å². The number of aryl methyl sites for hydroxylation is 1. The molecule has 0 aliphatic carbocycles. The van der Waals surface area contributed by atoms with Gasteiger partial charge >= 0.3 is 0 Å². The first kappa shape index (κ1) is 24.5. The van der Waals surface area contributed by atoms with Gasteiger partial charge in [0.05, 0.1) is 41.4 Å². The van der Waals surface area contributed by atoms with Gasteiger partial charge in [0.1, 0.15) is 11.6 Å². The third-order valence-electron chi connectivity index (χ3n) is 7.94. The van der Waals surface area contributed by atoms with Crippen molar-refractivity contribution in [2.24, 2.45) is 0 Å². The number of halogens is 1. The minimum absolute atomic E-state index is 0.221. The summed E-state index contributed by atoms with van der Waals surface area (Å²) in [6.45, 7) is 4.22. The Labute approximate surface area is 230 Å². The summed E-state index contributed by atoms with van der Waals surface area (Å²) in [5.74, 6) is 0.571. The van der Waals surface area contributed by atoms with Crippen LogP contribution in [-0.2, 0) is 6.54 Å². The molecule has 0 spiro atoms. The Balaban J connectivity index is 1.14. The molecule has 40 heavy (non-hydrogen) atoms. The van der Waals surface area contributed by atoms with Gasteiger partial charge in [-0.2, -0.15) is 10.2 Å². The lowest BCUT2D eigenvalue weighted by Gasteiger charge is -2.32. The van der Waals surface area contributed by atoms with Crippen LogP contribution in [0.4, 0.5) is 4.39 Å². The molecule has 4 heterocycles. The van der Waals surface area contributed by atoms with Crippen molar-refractivity contribution < 1.29 is 9.13 Å². The van der Waals surface area contributed by atoms with Gasteiger partial charge in [-0.25, -0.2) is 9.07 Å². The molecule has 0 saturated carbocycles. The minimum Gasteiger partial charge on any atom is -0.496 e. The van der Waals surface area contributed by atoms with E-state index in [1.165, 1.54) is 6.07 Å². The number of hydrogen-bond acceptors (Lipinski definition) is 6. The molecule has 3 aromatic carbocycles. The first-order chi connectivity index (χ1) is 19.6. The fourth-order valence-electron chi connectivity index (χ4n) is 5.79. The Bertz CT molecular complexity index is 1840. The van der Waals surface area contributed by atoms with Crippen LogP contribution >= 0.6 is 0 Å². The van der Waals surface area contributed by atoms with Gasteiger partial charge in [0.2, 0.25) is 0 Å². The third-order valence-corrected chi connectivity index (χ3v) is 7.94. The SMILES string of the molecule is COc1cccc(F)c1CN1CCC[C@@H](c2cn(-c3ccc4[nH]nc(-c5ccc6n[nH]c(C)c6c5)c4c3)nn2)C1. The molecule has 10 heteroatoms. The van der Waals surface area contributed by atoms with Crippen LogP contribution in [0.5, 0.6) is 5.75 Å². The van der Waals surface area contributed by atoms with E-state index in [9.17, 15) is 4.39 Å². The predicted octanol–water partition coefficient (Wildman–Crippen LogP) is 5.52. The average Bonchev–Trinajstić information content (AvgIpc) is 3.73. The number of fused-ring (bicyclic) bond motifs is 2. The number of H-pyrrole nitrogens is 2. The molecule has 3 aromatic heterocycles. The Morgan fingerprint density at radius 1 is 1.05 bits per heavy atom. The molecule has 0 bridgehead atoms. The summed E-state index contributed by atoms with van der Waals surface area (Å²) in [6.07, 6.45) is 4.04. The molecule has 1 fully saturated rings. The highest BCUT2D eigenvalue weighted by atomic mass is 19.1. The smallest absolute Gasteiger partial charge is 0.131 e. The summed E-state index contributed by atoms with van der Waals surface area (Å²) in [7, 11) is 1.58. The van der Waals surface area contributed by atoms with Gasteiger partial charge in [-0.05, 0) is 68.8 Å². The summed E-state index contributed by atoms with van der Waals surface area (Å²) < 4.78 is 21.8. The number of methoxy groups -OCH3 is 1. The van der Waals surface area contributed by atoms with Gasteiger partial charge in [0.25, 0.3) is 0 Å². The fourth-order valence-corrected chi connectivity index (χ4v) is 5.79. The highest BCUT2D eigenvalue weighted by Crippen LogP contribution is 2.32. The number of rotatable bonds is 6. The van der Waals surface area contributed by atoms with E-state index >= 15 is 0 Å². The Morgan fingerprint density at radius 3 is 2.88 bits per heavy atom. The number of piperidine rings is 1. The first-order valence-corrected chi connectivity index (χ1v) is 13.5. The number of hydrogen-bond donors (Lipinski definition) is 2. The van der Waals surface area contributed by atoms with E-state index in [1.54, 1.807) is 13.2 Å². The Kier molecular flexibility index (Phi) is 6.04. The van der Waals surface area contributed by atoms with Crippen LogP contribution in [0.25, 0.3) is 38.8 Å². The molecule has 0 unspecified atom stereocenters. The summed E-state index contributed by atoms with van der Waals surface area (Å²) >= 11 is 0. The number of nitrogens with zero attached hydrogens (tertiary/aromatic N) is 6. The van der Waals surface area contributed by atoms with Crippen LogP contribution in [0, 0.1) is 12.7 Å². The van der Waals surface area contributed by atoms with Crippen LogP contribution in [0.3, 0.4) is 0 Å². The summed E-state index contributed by atoms with van der Waals surface area (Å²) in [5, 5.41) is 26.3. The zero-order valence-corrected chi connectivity index (χ0v) is 22.4. The van der Waals surface area contributed by atoms with Crippen LogP contribution < -0.4 is 4.74 Å². The highest BCUT2D eigenvalue weighted by Gasteiger charge is 2.25. The number of ether oxygens (including phenoxy) is 1. The molecule has 0 amide bonds. The average molecular weight is 537 g/mol. The fraction of sp³-hybridized carbons (Fsp3) is 0.267. The van der Waals surface area contributed by atoms with Gasteiger partial charge < -0.3 is 4.74 Å². The number of aromatic amines is 2.